The minimum absolute atomic E-state index is 0.379. The van der Waals surface area contributed by atoms with E-state index in [1.54, 1.807) is 0 Å². The van der Waals surface area contributed by atoms with E-state index in [1.807, 2.05) is 6.21 Å². The zero-order valence-corrected chi connectivity index (χ0v) is 6.27. The molecule has 11 heavy (non-hydrogen) atoms. The number of hydrogen-bond donors (Lipinski definition) is 0. The number of ether oxygens (including phenoxy) is 1. The van der Waals surface area contributed by atoms with Gasteiger partial charge in [-0.25, -0.2) is 4.74 Å². The monoisotopic (exact) mass is 153 g/mol. The molecule has 0 aliphatic carbocycles. The van der Waals surface area contributed by atoms with E-state index in [0.29, 0.717) is 30.6 Å². The molecule has 3 nitrogen and oxygen atoms in total. The van der Waals surface area contributed by atoms with Crippen molar-refractivity contribution in [2.45, 2.75) is 25.0 Å². The summed E-state index contributed by atoms with van der Waals surface area (Å²) >= 11 is 0. The molecule has 3 rings (SSSR count). The van der Waals surface area contributed by atoms with Crippen molar-refractivity contribution in [3.05, 3.63) is 5.21 Å². The van der Waals surface area contributed by atoms with E-state index < -0.39 is 0 Å². The summed E-state index contributed by atoms with van der Waals surface area (Å²) in [5.41, 5.74) is 0. The standard InChI is InChI=1S/C8H11NO2/c10-9-3-5-6(4-9)8-2-1-7(5)11-8/h3,5-8H,1-2,4H2. The molecule has 2 bridgehead atoms. The molecule has 0 spiro atoms. The van der Waals surface area contributed by atoms with Crippen LogP contribution in [-0.2, 0) is 4.74 Å². The Morgan fingerprint density at radius 3 is 3.00 bits per heavy atom. The van der Waals surface area contributed by atoms with Crippen LogP contribution in [0.3, 0.4) is 0 Å². The number of hydrogen-bond acceptors (Lipinski definition) is 2. The summed E-state index contributed by atoms with van der Waals surface area (Å²) in [6.07, 6.45) is 4.93. The molecule has 4 unspecified atom stereocenters. The van der Waals surface area contributed by atoms with Crippen molar-refractivity contribution >= 4 is 6.21 Å². The number of rotatable bonds is 0. The van der Waals surface area contributed by atoms with Gasteiger partial charge in [0.05, 0.1) is 24.0 Å². The fourth-order valence-corrected chi connectivity index (χ4v) is 2.72. The summed E-state index contributed by atoms with van der Waals surface area (Å²) in [6.45, 7) is 0.672. The molecule has 4 atom stereocenters. The van der Waals surface area contributed by atoms with Gasteiger partial charge in [-0.3, -0.25) is 0 Å². The number of hydroxylamine groups is 1. The van der Waals surface area contributed by atoms with Gasteiger partial charge in [0.15, 0.2) is 12.8 Å². The highest BCUT2D eigenvalue weighted by Crippen LogP contribution is 2.44. The highest BCUT2D eigenvalue weighted by atomic mass is 16.5. The number of fused-ring (bicyclic) bond motifs is 5. The molecule has 2 saturated heterocycles. The van der Waals surface area contributed by atoms with Crippen molar-refractivity contribution in [3.63, 3.8) is 0 Å². The van der Waals surface area contributed by atoms with Crippen LogP contribution in [0.5, 0.6) is 0 Å². The molecule has 0 aromatic heterocycles. The van der Waals surface area contributed by atoms with Crippen molar-refractivity contribution in [2.24, 2.45) is 11.8 Å². The van der Waals surface area contributed by atoms with Crippen molar-refractivity contribution in [1.29, 1.82) is 0 Å². The predicted octanol–water partition coefficient (Wildman–Crippen LogP) is 0.375. The largest absolute Gasteiger partial charge is 0.624 e. The molecule has 2 fully saturated rings. The van der Waals surface area contributed by atoms with E-state index in [0.717, 1.165) is 11.2 Å². The van der Waals surface area contributed by atoms with Gasteiger partial charge in [0.25, 0.3) is 0 Å². The van der Waals surface area contributed by atoms with Gasteiger partial charge >= 0.3 is 0 Å². The summed E-state index contributed by atoms with van der Waals surface area (Å²) in [7, 11) is 0. The van der Waals surface area contributed by atoms with Crippen LogP contribution in [0.4, 0.5) is 0 Å². The maximum absolute atomic E-state index is 11.0. The normalized spacial score (nSPS) is 52.9. The topological polar surface area (TPSA) is 35.3 Å². The molecule has 3 aliphatic rings. The Morgan fingerprint density at radius 2 is 2.18 bits per heavy atom. The third kappa shape index (κ3) is 0.644. The smallest absolute Gasteiger partial charge is 0.159 e. The second-order valence-electron chi connectivity index (χ2n) is 3.78. The molecule has 60 valence electrons. The number of nitrogens with zero attached hydrogens (tertiary/aromatic N) is 1. The van der Waals surface area contributed by atoms with Crippen molar-refractivity contribution < 1.29 is 9.48 Å². The van der Waals surface area contributed by atoms with Gasteiger partial charge in [0.2, 0.25) is 0 Å². The molecule has 0 aromatic rings. The van der Waals surface area contributed by atoms with E-state index in [2.05, 4.69) is 0 Å². The van der Waals surface area contributed by atoms with Crippen LogP contribution < -0.4 is 0 Å². The molecule has 3 heterocycles. The maximum Gasteiger partial charge on any atom is 0.159 e. The van der Waals surface area contributed by atoms with E-state index in [1.165, 1.54) is 6.42 Å². The fourth-order valence-electron chi connectivity index (χ4n) is 2.72. The molecule has 0 aromatic carbocycles. The molecule has 0 N–H and O–H groups in total. The Bertz CT molecular complexity index is 226. The second-order valence-corrected chi connectivity index (χ2v) is 3.78. The van der Waals surface area contributed by atoms with Crippen molar-refractivity contribution in [3.8, 4) is 0 Å². The molecule has 0 saturated carbocycles. The maximum atomic E-state index is 11.0. The van der Waals surface area contributed by atoms with Gasteiger partial charge in [-0.2, -0.15) is 0 Å². The first-order chi connectivity index (χ1) is 5.34. The summed E-state index contributed by atoms with van der Waals surface area (Å²) in [6, 6.07) is 0. The minimum Gasteiger partial charge on any atom is -0.624 e. The van der Waals surface area contributed by atoms with Gasteiger partial charge in [0.1, 0.15) is 0 Å². The van der Waals surface area contributed by atoms with Crippen molar-refractivity contribution in [1.82, 2.24) is 0 Å². The predicted molar refractivity (Wildman–Crippen MR) is 39.4 cm³/mol. The minimum atomic E-state index is 0.379. The molecular formula is C8H11NO2. The quantitative estimate of drug-likeness (QED) is 0.372. The van der Waals surface area contributed by atoms with Gasteiger partial charge < -0.3 is 9.94 Å². The SMILES string of the molecule is [O-][N+]1=CC2C3CCC(O3)C2C1. The zero-order valence-electron chi connectivity index (χ0n) is 6.27. The molecular weight excluding hydrogens is 142 g/mol. The molecule has 3 aliphatic heterocycles. The Kier molecular flexibility index (Phi) is 0.969. The average molecular weight is 153 g/mol. The Hall–Kier alpha value is -0.570. The van der Waals surface area contributed by atoms with Crippen LogP contribution >= 0.6 is 0 Å². The fraction of sp³-hybridized carbons (Fsp3) is 0.875. The molecule has 0 radical (unpaired) electrons. The van der Waals surface area contributed by atoms with Crippen molar-refractivity contribution in [2.75, 3.05) is 6.54 Å². The summed E-state index contributed by atoms with van der Waals surface area (Å²) in [4.78, 5) is 0. The van der Waals surface area contributed by atoms with Gasteiger partial charge in [-0.05, 0) is 12.8 Å². The van der Waals surface area contributed by atoms with Gasteiger partial charge in [-0.15, -0.1) is 0 Å². The van der Waals surface area contributed by atoms with Crippen LogP contribution in [0.25, 0.3) is 0 Å². The lowest BCUT2D eigenvalue weighted by molar-refractivity contribution is -0.451. The van der Waals surface area contributed by atoms with Gasteiger partial charge in [0, 0.05) is 0 Å². The first-order valence-corrected chi connectivity index (χ1v) is 4.29. The van der Waals surface area contributed by atoms with Crippen LogP contribution in [0.2, 0.25) is 0 Å². The summed E-state index contributed by atoms with van der Waals surface area (Å²) in [5, 5.41) is 11.0. The highest BCUT2D eigenvalue weighted by molar-refractivity contribution is 5.59. The third-order valence-corrected chi connectivity index (χ3v) is 3.22. The summed E-state index contributed by atoms with van der Waals surface area (Å²) in [5.74, 6) is 0.970. The lowest BCUT2D eigenvalue weighted by atomic mass is 9.82. The Labute approximate surface area is 65.2 Å². The molecule has 0 amide bonds. The highest BCUT2D eigenvalue weighted by Gasteiger charge is 2.53. The first-order valence-electron chi connectivity index (χ1n) is 4.29. The van der Waals surface area contributed by atoms with Gasteiger partial charge in [-0.1, -0.05) is 0 Å². The lowest BCUT2D eigenvalue weighted by Gasteiger charge is -2.14. The molecule has 3 heteroatoms. The lowest BCUT2D eigenvalue weighted by Crippen LogP contribution is -2.26. The van der Waals surface area contributed by atoms with E-state index in [-0.39, 0.29) is 0 Å². The third-order valence-electron chi connectivity index (χ3n) is 3.22. The van der Waals surface area contributed by atoms with E-state index in [9.17, 15) is 5.21 Å². The van der Waals surface area contributed by atoms with Crippen LogP contribution in [-0.4, -0.2) is 29.7 Å². The Balaban J connectivity index is 1.94. The van der Waals surface area contributed by atoms with Crippen LogP contribution in [0, 0.1) is 17.0 Å². The average Bonchev–Trinajstić information content (AvgIpc) is 2.53. The summed E-state index contributed by atoms with van der Waals surface area (Å²) < 4.78 is 6.78. The first kappa shape index (κ1) is 6.00. The zero-order chi connectivity index (χ0) is 7.42. The van der Waals surface area contributed by atoms with E-state index >= 15 is 0 Å². The second kappa shape index (κ2) is 1.78. The van der Waals surface area contributed by atoms with E-state index in [4.69, 9.17) is 4.74 Å². The van der Waals surface area contributed by atoms with Crippen LogP contribution in [0.1, 0.15) is 12.8 Å². The Morgan fingerprint density at radius 1 is 1.36 bits per heavy atom. The van der Waals surface area contributed by atoms with Crippen LogP contribution in [0.15, 0.2) is 0 Å².